The van der Waals surface area contributed by atoms with Crippen molar-refractivity contribution in [2.24, 2.45) is 0 Å². The molecule has 3 N–H and O–H groups in total. The van der Waals surface area contributed by atoms with Gasteiger partial charge in [0, 0.05) is 29.9 Å². The highest BCUT2D eigenvalue weighted by Crippen LogP contribution is 2.19. The number of rotatable bonds is 6. The third-order valence-electron chi connectivity index (χ3n) is 4.10. The van der Waals surface area contributed by atoms with Crippen LogP contribution in [0.15, 0.2) is 18.2 Å². The summed E-state index contributed by atoms with van der Waals surface area (Å²) in [7, 11) is 2.06. The molecule has 0 heterocycles. The lowest BCUT2D eigenvalue weighted by molar-refractivity contribution is -0.116. The highest BCUT2D eigenvalue weighted by Gasteiger charge is 2.21. The monoisotopic (exact) mass is 277 g/mol. The summed E-state index contributed by atoms with van der Waals surface area (Å²) in [5.41, 5.74) is 8.36. The van der Waals surface area contributed by atoms with Crippen LogP contribution in [0.3, 0.4) is 0 Å². The smallest absolute Gasteiger partial charge is 0.225 e. The Kier molecular flexibility index (Phi) is 5.57. The maximum Gasteiger partial charge on any atom is 0.225 e. The molecule has 0 saturated heterocycles. The summed E-state index contributed by atoms with van der Waals surface area (Å²) in [4.78, 5) is 14.2. The summed E-state index contributed by atoms with van der Waals surface area (Å²) in [5.74, 6) is 0.0385. The Morgan fingerprint density at radius 2 is 2.05 bits per heavy atom. The molecule has 4 heteroatoms. The maximum atomic E-state index is 12.0. The van der Waals surface area contributed by atoms with Crippen molar-refractivity contribution in [2.75, 3.05) is 24.6 Å². The molecule has 0 aliphatic heterocycles. The van der Waals surface area contributed by atoms with Gasteiger partial charge >= 0.3 is 0 Å². The van der Waals surface area contributed by atoms with Crippen molar-refractivity contribution in [1.82, 2.24) is 4.90 Å². The Labute approximate surface area is 122 Å². The van der Waals surface area contributed by atoms with Crippen molar-refractivity contribution in [3.05, 3.63) is 23.8 Å². The highest BCUT2D eigenvalue weighted by molar-refractivity contribution is 5.91. The minimum atomic E-state index is 0.0385. The summed E-state index contributed by atoms with van der Waals surface area (Å²) in [5, 5.41) is 2.94. The summed E-state index contributed by atoms with van der Waals surface area (Å²) in [6.07, 6.45) is 1.55. The summed E-state index contributed by atoms with van der Waals surface area (Å²) in [6.45, 7) is 9.23. The Balaban J connectivity index is 2.52. The number of nitrogens with one attached hydrogen (secondary N) is 1. The van der Waals surface area contributed by atoms with Crippen molar-refractivity contribution < 1.29 is 4.79 Å². The normalized spacial score (nSPS) is 11.7. The van der Waals surface area contributed by atoms with E-state index < -0.39 is 0 Å². The van der Waals surface area contributed by atoms with E-state index in [1.165, 1.54) is 0 Å². The molecule has 1 aromatic rings. The van der Waals surface area contributed by atoms with E-state index in [1.807, 2.05) is 19.1 Å². The standard InChI is InChI=1S/C16H27N3O/c1-6-16(3,4)19(5)10-9-15(20)18-14-8-7-13(17)11-12(14)2/h7-8,11H,6,9-10,17H2,1-5H3,(H,18,20). The van der Waals surface area contributed by atoms with Crippen LogP contribution in [-0.2, 0) is 4.79 Å². The van der Waals surface area contributed by atoms with Gasteiger partial charge in [0.15, 0.2) is 0 Å². The number of hydrogen-bond acceptors (Lipinski definition) is 3. The fourth-order valence-corrected chi connectivity index (χ4v) is 1.88. The van der Waals surface area contributed by atoms with Gasteiger partial charge in [0.25, 0.3) is 0 Å². The molecule has 20 heavy (non-hydrogen) atoms. The van der Waals surface area contributed by atoms with E-state index in [-0.39, 0.29) is 11.4 Å². The number of benzene rings is 1. The van der Waals surface area contributed by atoms with Crippen molar-refractivity contribution in [1.29, 1.82) is 0 Å². The third-order valence-corrected chi connectivity index (χ3v) is 4.10. The van der Waals surface area contributed by atoms with E-state index in [9.17, 15) is 4.79 Å². The van der Waals surface area contributed by atoms with Crippen LogP contribution >= 0.6 is 0 Å². The Bertz CT molecular complexity index is 469. The van der Waals surface area contributed by atoms with Gasteiger partial charge in [-0.3, -0.25) is 4.79 Å². The molecule has 0 bridgehead atoms. The average molecular weight is 277 g/mol. The van der Waals surface area contributed by atoms with Gasteiger partial charge in [0.2, 0.25) is 5.91 Å². The predicted octanol–water partition coefficient (Wildman–Crippen LogP) is 3.03. The fourth-order valence-electron chi connectivity index (χ4n) is 1.88. The zero-order chi connectivity index (χ0) is 15.3. The van der Waals surface area contributed by atoms with Gasteiger partial charge in [-0.05, 0) is 58.0 Å². The molecule has 0 fully saturated rings. The van der Waals surface area contributed by atoms with Crippen molar-refractivity contribution in [3.8, 4) is 0 Å². The van der Waals surface area contributed by atoms with Gasteiger partial charge in [-0.2, -0.15) is 0 Å². The van der Waals surface area contributed by atoms with Crippen LogP contribution in [-0.4, -0.2) is 29.9 Å². The van der Waals surface area contributed by atoms with Gasteiger partial charge in [-0.15, -0.1) is 0 Å². The number of carbonyl (C=O) groups excluding carboxylic acids is 1. The molecule has 0 aromatic heterocycles. The quantitative estimate of drug-likeness (QED) is 0.786. The number of nitrogens with zero attached hydrogens (tertiary/aromatic N) is 1. The average Bonchev–Trinajstić information content (AvgIpc) is 2.39. The predicted molar refractivity (Wildman–Crippen MR) is 85.8 cm³/mol. The van der Waals surface area contributed by atoms with E-state index in [0.717, 1.165) is 24.2 Å². The lowest BCUT2D eigenvalue weighted by atomic mass is 10.00. The number of anilines is 2. The second-order valence-corrected chi connectivity index (χ2v) is 5.96. The van der Waals surface area contributed by atoms with Gasteiger partial charge in [-0.25, -0.2) is 0 Å². The number of nitrogens with two attached hydrogens (primary N) is 1. The lowest BCUT2D eigenvalue weighted by Crippen LogP contribution is -2.41. The maximum absolute atomic E-state index is 12.0. The highest BCUT2D eigenvalue weighted by atomic mass is 16.1. The molecule has 0 aliphatic carbocycles. The molecule has 112 valence electrons. The summed E-state index contributed by atoms with van der Waals surface area (Å²) in [6, 6.07) is 5.51. The molecule has 0 radical (unpaired) electrons. The Hall–Kier alpha value is -1.55. The van der Waals surface area contributed by atoms with Crippen LogP contribution in [0, 0.1) is 6.92 Å². The lowest BCUT2D eigenvalue weighted by Gasteiger charge is -2.34. The van der Waals surface area contributed by atoms with Crippen molar-refractivity contribution in [3.63, 3.8) is 0 Å². The second kappa shape index (κ2) is 6.75. The Morgan fingerprint density at radius 1 is 1.40 bits per heavy atom. The molecular formula is C16H27N3O. The zero-order valence-electron chi connectivity index (χ0n) is 13.3. The number of nitrogen functional groups attached to an aromatic ring is 1. The first-order valence-electron chi connectivity index (χ1n) is 7.13. The number of carbonyl (C=O) groups is 1. The van der Waals surface area contributed by atoms with Gasteiger partial charge in [-0.1, -0.05) is 6.92 Å². The van der Waals surface area contributed by atoms with E-state index in [1.54, 1.807) is 6.07 Å². The first-order chi connectivity index (χ1) is 9.26. The van der Waals surface area contributed by atoms with Gasteiger partial charge in [0.1, 0.15) is 0 Å². The molecule has 1 aromatic carbocycles. The van der Waals surface area contributed by atoms with Crippen LogP contribution < -0.4 is 11.1 Å². The molecule has 0 unspecified atom stereocenters. The molecule has 0 aliphatic rings. The minimum Gasteiger partial charge on any atom is -0.399 e. The topological polar surface area (TPSA) is 58.4 Å². The fraction of sp³-hybridized carbons (Fsp3) is 0.562. The number of amides is 1. The van der Waals surface area contributed by atoms with Crippen LogP contribution in [0.2, 0.25) is 0 Å². The number of hydrogen-bond donors (Lipinski definition) is 2. The van der Waals surface area contributed by atoms with E-state index in [2.05, 4.69) is 38.0 Å². The molecule has 1 amide bonds. The molecule has 0 atom stereocenters. The van der Waals surface area contributed by atoms with E-state index >= 15 is 0 Å². The molecule has 0 saturated carbocycles. The summed E-state index contributed by atoms with van der Waals surface area (Å²) < 4.78 is 0. The largest absolute Gasteiger partial charge is 0.399 e. The molecule has 4 nitrogen and oxygen atoms in total. The third kappa shape index (κ3) is 4.53. The van der Waals surface area contributed by atoms with Gasteiger partial charge < -0.3 is 16.0 Å². The van der Waals surface area contributed by atoms with Crippen LogP contribution in [0.4, 0.5) is 11.4 Å². The van der Waals surface area contributed by atoms with Crippen molar-refractivity contribution >= 4 is 17.3 Å². The molecule has 1 rings (SSSR count). The summed E-state index contributed by atoms with van der Waals surface area (Å²) >= 11 is 0. The van der Waals surface area contributed by atoms with Crippen LogP contribution in [0.5, 0.6) is 0 Å². The Morgan fingerprint density at radius 3 is 2.60 bits per heavy atom. The van der Waals surface area contributed by atoms with Crippen LogP contribution in [0.1, 0.15) is 39.2 Å². The van der Waals surface area contributed by atoms with E-state index in [0.29, 0.717) is 12.1 Å². The molecular weight excluding hydrogens is 250 g/mol. The SMILES string of the molecule is CCC(C)(C)N(C)CCC(=O)Nc1ccc(N)cc1C. The second-order valence-electron chi connectivity index (χ2n) is 5.96. The van der Waals surface area contributed by atoms with Gasteiger partial charge in [0.05, 0.1) is 0 Å². The van der Waals surface area contributed by atoms with E-state index in [4.69, 9.17) is 5.73 Å². The first kappa shape index (κ1) is 16.5. The zero-order valence-corrected chi connectivity index (χ0v) is 13.3. The van der Waals surface area contributed by atoms with Crippen molar-refractivity contribution in [2.45, 2.75) is 46.1 Å². The number of aryl methyl sites for hydroxylation is 1. The van der Waals surface area contributed by atoms with Crippen LogP contribution in [0.25, 0.3) is 0 Å². The first-order valence-corrected chi connectivity index (χ1v) is 7.13. The minimum absolute atomic E-state index is 0.0385. The molecule has 0 spiro atoms.